The van der Waals surface area contributed by atoms with Gasteiger partial charge in [-0.3, -0.25) is 4.79 Å². The fraction of sp³-hybridized carbons (Fsp3) is 0.421. The van der Waals surface area contributed by atoms with Gasteiger partial charge in [0, 0.05) is 18.0 Å². The van der Waals surface area contributed by atoms with Crippen LogP contribution in [0.1, 0.15) is 27.7 Å². The van der Waals surface area contributed by atoms with Crippen molar-refractivity contribution < 1.29 is 19.1 Å². The van der Waals surface area contributed by atoms with Crippen LogP contribution in [-0.4, -0.2) is 47.7 Å². The van der Waals surface area contributed by atoms with E-state index >= 15 is 0 Å². The van der Waals surface area contributed by atoms with Crippen LogP contribution in [0.25, 0.3) is 11.3 Å². The molecule has 0 atom stereocenters. The summed E-state index contributed by atoms with van der Waals surface area (Å²) in [5.74, 6) is 0.464. The number of carbonyl (C=O) groups excluding carboxylic acids is 2. The van der Waals surface area contributed by atoms with Crippen LogP contribution in [0.2, 0.25) is 0 Å². The highest BCUT2D eigenvalue weighted by Gasteiger charge is 2.21. The number of nitrogens with one attached hydrogen (secondary N) is 1. The number of amides is 2. The zero-order chi connectivity index (χ0) is 20.0. The smallest absolute Gasteiger partial charge is 0.410 e. The lowest BCUT2D eigenvalue weighted by Gasteiger charge is -2.24. The number of aromatic nitrogens is 1. The molecule has 0 aliphatic heterocycles. The van der Waals surface area contributed by atoms with Crippen molar-refractivity contribution in [3.8, 4) is 17.0 Å². The van der Waals surface area contributed by atoms with E-state index < -0.39 is 11.7 Å². The lowest BCUT2D eigenvalue weighted by atomic mass is 10.2. The molecule has 146 valence electrons. The molecule has 0 aliphatic rings. The van der Waals surface area contributed by atoms with Gasteiger partial charge in [-0.15, -0.1) is 11.3 Å². The summed E-state index contributed by atoms with van der Waals surface area (Å²) in [6.45, 7) is 7.75. The average molecular weight is 391 g/mol. The van der Waals surface area contributed by atoms with Gasteiger partial charge in [0.25, 0.3) is 0 Å². The molecule has 1 N–H and O–H groups in total. The number of hydrogen-bond acceptors (Lipinski definition) is 6. The van der Waals surface area contributed by atoms with Gasteiger partial charge in [-0.2, -0.15) is 0 Å². The number of likely N-dealkylation sites (N-methyl/N-ethyl adjacent to an activating group) is 1. The molecule has 0 spiro atoms. The predicted octanol–water partition coefficient (Wildman–Crippen LogP) is 4.01. The first-order valence-corrected chi connectivity index (χ1v) is 9.48. The van der Waals surface area contributed by atoms with Gasteiger partial charge >= 0.3 is 6.09 Å². The molecule has 1 aromatic heterocycles. The zero-order valence-electron chi connectivity index (χ0n) is 16.2. The van der Waals surface area contributed by atoms with Crippen molar-refractivity contribution in [3.05, 3.63) is 29.6 Å². The van der Waals surface area contributed by atoms with Gasteiger partial charge in [-0.1, -0.05) is 0 Å². The molecule has 1 aromatic carbocycles. The van der Waals surface area contributed by atoms with Crippen molar-refractivity contribution in [2.75, 3.05) is 25.5 Å². The second-order valence-corrected chi connectivity index (χ2v) is 7.74. The van der Waals surface area contributed by atoms with Crippen LogP contribution in [0.3, 0.4) is 0 Å². The van der Waals surface area contributed by atoms with Crippen LogP contribution >= 0.6 is 11.3 Å². The number of hydrogen-bond donors (Lipinski definition) is 1. The van der Waals surface area contributed by atoms with Gasteiger partial charge in [0.1, 0.15) is 17.9 Å². The molecule has 0 radical (unpaired) electrons. The van der Waals surface area contributed by atoms with Crippen LogP contribution in [0.5, 0.6) is 5.75 Å². The van der Waals surface area contributed by atoms with Crippen LogP contribution in [0, 0.1) is 0 Å². The molecule has 2 aromatic rings. The fourth-order valence-corrected chi connectivity index (χ4v) is 2.87. The average Bonchev–Trinajstić information content (AvgIpc) is 3.02. The van der Waals surface area contributed by atoms with Crippen molar-refractivity contribution in [1.82, 2.24) is 9.88 Å². The van der Waals surface area contributed by atoms with Crippen LogP contribution in [-0.2, 0) is 9.53 Å². The summed E-state index contributed by atoms with van der Waals surface area (Å²) >= 11 is 1.32. The summed E-state index contributed by atoms with van der Waals surface area (Å²) in [5.41, 5.74) is 1.09. The standard InChI is InChI=1S/C19H25N3O4S/c1-6-25-14-9-7-13(8-10-14)15-12-27-17(20-15)21-16(23)11-22(5)18(24)26-19(2,3)4/h7-10,12H,6,11H2,1-5H3,(H,20,21,23). The molecule has 0 bridgehead atoms. The Hall–Kier alpha value is -2.61. The first-order valence-electron chi connectivity index (χ1n) is 8.60. The van der Waals surface area contributed by atoms with Crippen molar-refractivity contribution in [2.24, 2.45) is 0 Å². The molecule has 1 heterocycles. The molecular formula is C19H25N3O4S. The summed E-state index contributed by atoms with van der Waals surface area (Å²) in [6, 6.07) is 7.60. The Labute approximate surface area is 163 Å². The van der Waals surface area contributed by atoms with Crippen molar-refractivity contribution >= 4 is 28.5 Å². The molecule has 7 nitrogen and oxygen atoms in total. The SMILES string of the molecule is CCOc1ccc(-c2csc(NC(=O)CN(C)C(=O)OC(C)(C)C)n2)cc1. The zero-order valence-corrected chi connectivity index (χ0v) is 17.1. The molecule has 0 saturated heterocycles. The minimum absolute atomic E-state index is 0.118. The quantitative estimate of drug-likeness (QED) is 0.804. The van der Waals surface area contributed by atoms with Crippen LogP contribution in [0.4, 0.5) is 9.93 Å². The lowest BCUT2D eigenvalue weighted by molar-refractivity contribution is -0.117. The minimum Gasteiger partial charge on any atom is -0.494 e. The van der Waals surface area contributed by atoms with E-state index in [2.05, 4.69) is 10.3 Å². The first kappa shape index (κ1) is 20.7. The number of benzene rings is 1. The van der Waals surface area contributed by atoms with Crippen LogP contribution < -0.4 is 10.1 Å². The number of ether oxygens (including phenoxy) is 2. The Morgan fingerprint density at radius 1 is 1.22 bits per heavy atom. The highest BCUT2D eigenvalue weighted by molar-refractivity contribution is 7.14. The molecule has 8 heteroatoms. The maximum Gasteiger partial charge on any atom is 0.410 e. The van der Waals surface area contributed by atoms with Gasteiger partial charge in [0.15, 0.2) is 5.13 Å². The van der Waals surface area contributed by atoms with E-state index in [-0.39, 0.29) is 12.5 Å². The Kier molecular flexibility index (Phi) is 6.79. The van der Waals surface area contributed by atoms with E-state index in [1.165, 1.54) is 23.3 Å². The number of rotatable bonds is 6. The summed E-state index contributed by atoms with van der Waals surface area (Å²) in [7, 11) is 1.51. The van der Waals surface area contributed by atoms with Crippen LogP contribution in [0.15, 0.2) is 29.6 Å². The van der Waals surface area contributed by atoms with E-state index in [1.807, 2.05) is 36.6 Å². The van der Waals surface area contributed by atoms with E-state index in [1.54, 1.807) is 20.8 Å². The third-order valence-electron chi connectivity index (χ3n) is 3.30. The van der Waals surface area contributed by atoms with Gasteiger partial charge in [-0.25, -0.2) is 9.78 Å². The van der Waals surface area contributed by atoms with Crippen molar-refractivity contribution in [2.45, 2.75) is 33.3 Å². The summed E-state index contributed by atoms with van der Waals surface area (Å²) in [4.78, 5) is 29.7. The Bertz CT molecular complexity index is 781. The highest BCUT2D eigenvalue weighted by Crippen LogP contribution is 2.26. The largest absolute Gasteiger partial charge is 0.494 e. The number of carbonyl (C=O) groups is 2. The Balaban J connectivity index is 1.92. The van der Waals surface area contributed by atoms with Gasteiger partial charge in [0.05, 0.1) is 12.3 Å². The topological polar surface area (TPSA) is 80.8 Å². The fourth-order valence-electron chi connectivity index (χ4n) is 2.13. The second-order valence-electron chi connectivity index (χ2n) is 6.88. The van der Waals surface area contributed by atoms with E-state index in [0.717, 1.165) is 17.0 Å². The van der Waals surface area contributed by atoms with Crippen molar-refractivity contribution in [3.63, 3.8) is 0 Å². The third kappa shape index (κ3) is 6.56. The van der Waals surface area contributed by atoms with E-state index in [0.29, 0.717) is 11.7 Å². The molecule has 0 fully saturated rings. The summed E-state index contributed by atoms with van der Waals surface area (Å²) in [5, 5.41) is 5.04. The Morgan fingerprint density at radius 2 is 1.89 bits per heavy atom. The Morgan fingerprint density at radius 3 is 2.48 bits per heavy atom. The number of anilines is 1. The lowest BCUT2D eigenvalue weighted by Crippen LogP contribution is -2.38. The second kappa shape index (κ2) is 8.85. The summed E-state index contributed by atoms with van der Waals surface area (Å²) < 4.78 is 10.6. The molecular weight excluding hydrogens is 366 g/mol. The normalized spacial score (nSPS) is 11.0. The molecule has 2 rings (SSSR count). The molecule has 0 saturated carbocycles. The maximum atomic E-state index is 12.1. The van der Waals surface area contributed by atoms with Gasteiger partial charge in [-0.05, 0) is 52.0 Å². The first-order chi connectivity index (χ1) is 12.7. The monoisotopic (exact) mass is 391 g/mol. The van der Waals surface area contributed by atoms with E-state index in [4.69, 9.17) is 9.47 Å². The molecule has 0 aliphatic carbocycles. The summed E-state index contributed by atoms with van der Waals surface area (Å²) in [6.07, 6.45) is -0.549. The minimum atomic E-state index is -0.607. The molecule has 2 amide bonds. The third-order valence-corrected chi connectivity index (χ3v) is 4.06. The predicted molar refractivity (Wildman–Crippen MR) is 106 cm³/mol. The van der Waals surface area contributed by atoms with Crippen molar-refractivity contribution in [1.29, 1.82) is 0 Å². The molecule has 27 heavy (non-hydrogen) atoms. The van der Waals surface area contributed by atoms with Gasteiger partial charge < -0.3 is 19.7 Å². The number of thiazole rings is 1. The highest BCUT2D eigenvalue weighted by atomic mass is 32.1. The molecule has 0 unspecified atom stereocenters. The number of nitrogens with zero attached hydrogens (tertiary/aromatic N) is 2. The van der Waals surface area contributed by atoms with Gasteiger partial charge in [0.2, 0.25) is 5.91 Å². The van der Waals surface area contributed by atoms with E-state index in [9.17, 15) is 9.59 Å². The maximum absolute atomic E-state index is 12.1.